The van der Waals surface area contributed by atoms with Gasteiger partial charge in [0.2, 0.25) is 5.91 Å². The standard InChI is InChI=1S/C7H9BN2O3/c1-5(11)10-7-3-2-6(4-9-7)8(12)13/h2-4,12-13H,1H3,(H,9,10,11). The molecule has 0 atom stereocenters. The molecule has 0 spiro atoms. The molecule has 68 valence electrons. The Labute approximate surface area is 75.6 Å². The van der Waals surface area contributed by atoms with E-state index in [1.807, 2.05) is 0 Å². The molecular weight excluding hydrogens is 171 g/mol. The summed E-state index contributed by atoms with van der Waals surface area (Å²) >= 11 is 0. The average molecular weight is 180 g/mol. The fraction of sp³-hybridized carbons (Fsp3) is 0.143. The van der Waals surface area contributed by atoms with Gasteiger partial charge in [0.25, 0.3) is 0 Å². The summed E-state index contributed by atoms with van der Waals surface area (Å²) in [5.41, 5.74) is 0.286. The molecule has 3 N–H and O–H groups in total. The van der Waals surface area contributed by atoms with Crippen LogP contribution in [0.2, 0.25) is 0 Å². The predicted molar refractivity (Wildman–Crippen MR) is 48.4 cm³/mol. The Kier molecular flexibility index (Phi) is 3.00. The summed E-state index contributed by atoms with van der Waals surface area (Å²) in [6.45, 7) is 1.37. The van der Waals surface area contributed by atoms with Crippen LogP contribution in [0.3, 0.4) is 0 Å². The zero-order valence-electron chi connectivity index (χ0n) is 7.06. The van der Waals surface area contributed by atoms with Crippen molar-refractivity contribution < 1.29 is 14.8 Å². The number of anilines is 1. The van der Waals surface area contributed by atoms with E-state index in [0.29, 0.717) is 5.82 Å². The lowest BCUT2D eigenvalue weighted by Gasteiger charge is -2.01. The second-order valence-electron chi connectivity index (χ2n) is 2.53. The summed E-state index contributed by atoms with van der Waals surface area (Å²) in [4.78, 5) is 14.4. The summed E-state index contributed by atoms with van der Waals surface area (Å²) < 4.78 is 0. The molecule has 6 heteroatoms. The first-order valence-corrected chi connectivity index (χ1v) is 3.69. The minimum absolute atomic E-state index is 0.218. The Balaban J connectivity index is 2.75. The van der Waals surface area contributed by atoms with E-state index in [1.165, 1.54) is 25.3 Å². The Bertz CT molecular complexity index is 299. The number of carbonyl (C=O) groups is 1. The van der Waals surface area contributed by atoms with Crippen LogP contribution < -0.4 is 10.8 Å². The molecule has 0 aliphatic rings. The summed E-state index contributed by atoms with van der Waals surface area (Å²) in [5.74, 6) is 0.168. The quantitative estimate of drug-likeness (QED) is 0.495. The van der Waals surface area contributed by atoms with Gasteiger partial charge in [-0.3, -0.25) is 4.79 Å². The molecule has 0 radical (unpaired) electrons. The van der Waals surface area contributed by atoms with Crippen molar-refractivity contribution in [1.29, 1.82) is 0 Å². The van der Waals surface area contributed by atoms with E-state index in [9.17, 15) is 4.79 Å². The van der Waals surface area contributed by atoms with Gasteiger partial charge >= 0.3 is 7.12 Å². The highest BCUT2D eigenvalue weighted by molar-refractivity contribution is 6.58. The zero-order chi connectivity index (χ0) is 9.84. The minimum atomic E-state index is -1.53. The first-order chi connectivity index (χ1) is 6.09. The molecule has 1 aromatic heterocycles. The van der Waals surface area contributed by atoms with Crippen molar-refractivity contribution in [3.8, 4) is 0 Å². The Morgan fingerprint density at radius 1 is 1.54 bits per heavy atom. The van der Waals surface area contributed by atoms with Crippen LogP contribution in [0, 0.1) is 0 Å². The molecule has 0 bridgehead atoms. The number of rotatable bonds is 2. The summed E-state index contributed by atoms with van der Waals surface area (Å²) in [7, 11) is -1.53. The molecule has 5 nitrogen and oxygen atoms in total. The molecule has 1 amide bonds. The number of hydrogen-bond donors (Lipinski definition) is 3. The molecule has 0 aliphatic carbocycles. The lowest BCUT2D eigenvalue weighted by Crippen LogP contribution is -2.30. The maximum absolute atomic E-state index is 10.6. The van der Waals surface area contributed by atoms with Crippen LogP contribution in [-0.4, -0.2) is 28.1 Å². The maximum atomic E-state index is 10.6. The molecule has 0 aliphatic heterocycles. The largest absolute Gasteiger partial charge is 0.490 e. The zero-order valence-corrected chi connectivity index (χ0v) is 7.06. The fourth-order valence-electron chi connectivity index (χ4n) is 0.812. The SMILES string of the molecule is CC(=O)Nc1ccc(B(O)O)cn1. The van der Waals surface area contributed by atoms with Crippen LogP contribution in [0.1, 0.15) is 6.92 Å². The highest BCUT2D eigenvalue weighted by atomic mass is 16.4. The Hall–Kier alpha value is -1.40. The predicted octanol–water partition coefficient (Wildman–Crippen LogP) is -1.28. The number of pyridine rings is 1. The van der Waals surface area contributed by atoms with Gasteiger partial charge in [-0.05, 0) is 6.07 Å². The van der Waals surface area contributed by atoms with Gasteiger partial charge in [-0.15, -0.1) is 0 Å². The minimum Gasteiger partial charge on any atom is -0.423 e. The third-order valence-electron chi connectivity index (χ3n) is 1.39. The van der Waals surface area contributed by atoms with E-state index >= 15 is 0 Å². The molecule has 1 heterocycles. The van der Waals surface area contributed by atoms with Gasteiger partial charge in [-0.25, -0.2) is 4.98 Å². The van der Waals surface area contributed by atoms with E-state index in [0.717, 1.165) is 0 Å². The molecule has 13 heavy (non-hydrogen) atoms. The first-order valence-electron chi connectivity index (χ1n) is 3.69. The molecule has 0 fully saturated rings. The van der Waals surface area contributed by atoms with Gasteiger partial charge in [0.15, 0.2) is 0 Å². The van der Waals surface area contributed by atoms with E-state index < -0.39 is 7.12 Å². The first kappa shape index (κ1) is 9.69. The van der Waals surface area contributed by atoms with Crippen molar-refractivity contribution in [3.05, 3.63) is 18.3 Å². The van der Waals surface area contributed by atoms with Crippen molar-refractivity contribution in [2.75, 3.05) is 5.32 Å². The summed E-state index contributed by atoms with van der Waals surface area (Å²) in [6, 6.07) is 2.97. The van der Waals surface area contributed by atoms with Gasteiger partial charge in [-0.2, -0.15) is 0 Å². The van der Waals surface area contributed by atoms with Crippen molar-refractivity contribution in [2.45, 2.75) is 6.92 Å². The van der Waals surface area contributed by atoms with Crippen LogP contribution in [0.25, 0.3) is 0 Å². The molecule has 0 aromatic carbocycles. The lowest BCUT2D eigenvalue weighted by molar-refractivity contribution is -0.114. The van der Waals surface area contributed by atoms with Crippen molar-refractivity contribution in [1.82, 2.24) is 4.98 Å². The van der Waals surface area contributed by atoms with Gasteiger partial charge in [-0.1, -0.05) is 6.07 Å². The van der Waals surface area contributed by atoms with E-state index in [4.69, 9.17) is 10.0 Å². The van der Waals surface area contributed by atoms with E-state index in [-0.39, 0.29) is 11.4 Å². The van der Waals surface area contributed by atoms with Gasteiger partial charge in [0, 0.05) is 18.6 Å². The Morgan fingerprint density at radius 3 is 2.62 bits per heavy atom. The number of carbonyl (C=O) groups excluding carboxylic acids is 1. The number of nitrogens with zero attached hydrogens (tertiary/aromatic N) is 1. The number of nitrogens with one attached hydrogen (secondary N) is 1. The van der Waals surface area contributed by atoms with Crippen molar-refractivity contribution in [3.63, 3.8) is 0 Å². The molecular formula is C7H9BN2O3. The molecule has 0 saturated carbocycles. The normalized spacial score (nSPS) is 9.46. The number of hydrogen-bond acceptors (Lipinski definition) is 4. The highest BCUT2D eigenvalue weighted by Gasteiger charge is 2.10. The molecule has 1 aromatic rings. The molecule has 1 rings (SSSR count). The van der Waals surface area contributed by atoms with Gasteiger partial charge in [0.05, 0.1) is 0 Å². The van der Waals surface area contributed by atoms with E-state index in [2.05, 4.69) is 10.3 Å². The monoisotopic (exact) mass is 180 g/mol. The second-order valence-corrected chi connectivity index (χ2v) is 2.53. The smallest absolute Gasteiger partial charge is 0.423 e. The fourth-order valence-corrected chi connectivity index (χ4v) is 0.812. The van der Waals surface area contributed by atoms with Crippen LogP contribution >= 0.6 is 0 Å². The topological polar surface area (TPSA) is 82.5 Å². The third kappa shape index (κ3) is 2.85. The van der Waals surface area contributed by atoms with Crippen LogP contribution in [-0.2, 0) is 4.79 Å². The molecule has 0 saturated heterocycles. The second kappa shape index (κ2) is 4.02. The summed E-state index contributed by atoms with van der Waals surface area (Å²) in [6.07, 6.45) is 1.29. The van der Waals surface area contributed by atoms with Crippen LogP contribution in [0.15, 0.2) is 18.3 Å². The van der Waals surface area contributed by atoms with E-state index in [1.54, 1.807) is 0 Å². The molecule has 0 unspecified atom stereocenters. The summed E-state index contributed by atoms with van der Waals surface area (Å²) in [5, 5.41) is 19.9. The number of aromatic nitrogens is 1. The third-order valence-corrected chi connectivity index (χ3v) is 1.39. The van der Waals surface area contributed by atoms with Crippen molar-refractivity contribution in [2.24, 2.45) is 0 Å². The Morgan fingerprint density at radius 2 is 2.23 bits per heavy atom. The van der Waals surface area contributed by atoms with Crippen molar-refractivity contribution >= 4 is 24.3 Å². The number of amides is 1. The lowest BCUT2D eigenvalue weighted by atomic mass is 9.82. The maximum Gasteiger partial charge on any atom is 0.490 e. The average Bonchev–Trinajstić information content (AvgIpc) is 2.04. The van der Waals surface area contributed by atoms with Gasteiger partial charge < -0.3 is 15.4 Å². The van der Waals surface area contributed by atoms with Crippen LogP contribution in [0.4, 0.5) is 5.82 Å². The van der Waals surface area contributed by atoms with Crippen LogP contribution in [0.5, 0.6) is 0 Å². The van der Waals surface area contributed by atoms with Gasteiger partial charge in [0.1, 0.15) is 5.82 Å². The highest BCUT2D eigenvalue weighted by Crippen LogP contribution is 1.97.